The predicted octanol–water partition coefficient (Wildman–Crippen LogP) is 20.7. The Balaban J connectivity index is 0.992. The molecule has 9 aromatic rings. The summed E-state index contributed by atoms with van der Waals surface area (Å²) in [5.41, 5.74) is -0.722. The fourth-order valence-corrected chi connectivity index (χ4v) is 14.8. The van der Waals surface area contributed by atoms with Crippen LogP contribution in [0.4, 0.5) is 39.5 Å². The molecule has 11 rings (SSSR count). The van der Waals surface area contributed by atoms with E-state index in [0.717, 1.165) is 90.7 Å². The normalized spacial score (nSPS) is 17.0. The molecule has 1 saturated carbocycles. The molecule has 9 aromatic carbocycles. The topological polar surface area (TPSA) is 0 Å². The van der Waals surface area contributed by atoms with Gasteiger partial charge in [-0.25, -0.2) is 0 Å². The predicted molar refractivity (Wildman–Crippen MR) is 332 cm³/mol. The summed E-state index contributed by atoms with van der Waals surface area (Å²) >= 11 is 0. The van der Waals surface area contributed by atoms with Gasteiger partial charge in [0.2, 0.25) is 0 Å². The number of benzene rings is 9. The van der Waals surface area contributed by atoms with Crippen molar-refractivity contribution in [1.82, 2.24) is 0 Å². The molecule has 0 aromatic heterocycles. The summed E-state index contributed by atoms with van der Waals surface area (Å²) in [5, 5.41) is 0. The van der Waals surface area contributed by atoms with Crippen LogP contribution >= 0.6 is 0 Å². The first-order valence-electron chi connectivity index (χ1n) is 30.2. The van der Waals surface area contributed by atoms with E-state index in [0.29, 0.717) is 23.1 Å². The summed E-state index contributed by atoms with van der Waals surface area (Å²) in [4.78, 5) is 0. The fraction of sp³-hybridized carbons (Fsp3) is 0.299. The summed E-state index contributed by atoms with van der Waals surface area (Å²) in [6.07, 6.45) is -7.55. The van der Waals surface area contributed by atoms with E-state index >= 15 is 26.3 Å². The Morgan fingerprint density at radius 2 is 0.724 bits per heavy atom. The van der Waals surface area contributed by atoms with Crippen LogP contribution in [0.25, 0.3) is 22.3 Å². The van der Waals surface area contributed by atoms with E-state index in [-0.39, 0.29) is 49.9 Å². The maximum absolute atomic E-state index is 17.0. The van der Waals surface area contributed by atoms with Crippen molar-refractivity contribution in [3.8, 4) is 22.3 Å². The highest BCUT2D eigenvalue weighted by atomic mass is 19.4. The molecule has 0 radical (unpaired) electrons. The quantitative estimate of drug-likeness (QED) is 0.0369. The van der Waals surface area contributed by atoms with Gasteiger partial charge in [0.1, 0.15) is 16.2 Å². The smallest absolute Gasteiger partial charge is 0.331 e. The summed E-state index contributed by atoms with van der Waals surface area (Å²) in [6.45, 7) is 6.17. The van der Waals surface area contributed by atoms with Crippen LogP contribution < -0.4 is 0 Å². The number of hydrogen-bond acceptors (Lipinski definition) is 0. The van der Waals surface area contributed by atoms with Crippen LogP contribution in [0.15, 0.2) is 224 Å². The van der Waals surface area contributed by atoms with E-state index in [1.54, 1.807) is 133 Å². The van der Waals surface area contributed by atoms with Crippen LogP contribution in [0.5, 0.6) is 0 Å². The molecule has 1 nitrogen and oxygen atoms in total. The van der Waals surface area contributed by atoms with E-state index in [1.165, 1.54) is 66.2 Å². The molecule has 4 atom stereocenters. The SMILES string of the molecule is Cc1ccc2c(c1)C1(CCCC1)c1cc(C(c3ccccc3)(c3ccc(C(C)(CCCCC[N+](C)(C)C)c4ccc(C(c5ccccc5)(c5ccc(-c6ccc(C(C)(c7ccccc7)C(F)(F)F)cc6)cc5)C(F)(F)F)cc4)cc3)C(F)(F)F)ccc1-2. The molecule has 0 N–H and O–H groups in total. The van der Waals surface area contributed by atoms with Gasteiger partial charge in [-0.05, 0) is 135 Å². The van der Waals surface area contributed by atoms with Crippen LogP contribution in [0.3, 0.4) is 0 Å². The molecule has 2 aliphatic carbocycles. The van der Waals surface area contributed by atoms with Crippen LogP contribution in [0.1, 0.15) is 138 Å². The molecule has 1 fully saturated rings. The second-order valence-electron chi connectivity index (χ2n) is 25.8. The summed E-state index contributed by atoms with van der Waals surface area (Å²) in [5.74, 6) is 0. The average molecular weight is 1180 g/mol. The van der Waals surface area contributed by atoms with E-state index in [9.17, 15) is 13.2 Å². The first kappa shape index (κ1) is 61.0. The van der Waals surface area contributed by atoms with Crippen molar-refractivity contribution in [3.63, 3.8) is 0 Å². The lowest BCUT2D eigenvalue weighted by molar-refractivity contribution is -0.870. The number of rotatable bonds is 17. The number of quaternary nitrogens is 1. The minimum absolute atomic E-state index is 0.0155. The Hall–Kier alpha value is -7.69. The Labute approximate surface area is 506 Å². The van der Waals surface area contributed by atoms with E-state index < -0.39 is 40.2 Å². The van der Waals surface area contributed by atoms with Crippen molar-refractivity contribution >= 4 is 0 Å². The highest BCUT2D eigenvalue weighted by Gasteiger charge is 2.61. The zero-order valence-electron chi connectivity index (χ0n) is 50.1. The number of hydrogen-bond donors (Lipinski definition) is 0. The van der Waals surface area contributed by atoms with E-state index in [4.69, 9.17) is 0 Å². The van der Waals surface area contributed by atoms with Crippen LogP contribution in [0, 0.1) is 6.92 Å². The fourth-order valence-electron chi connectivity index (χ4n) is 14.8. The van der Waals surface area contributed by atoms with E-state index in [1.807, 2.05) is 19.1 Å². The van der Waals surface area contributed by atoms with Gasteiger partial charge < -0.3 is 4.48 Å². The summed E-state index contributed by atoms with van der Waals surface area (Å²) < 4.78 is 146. The van der Waals surface area contributed by atoms with Gasteiger partial charge in [-0.1, -0.05) is 256 Å². The monoisotopic (exact) mass is 1180 g/mol. The molecule has 1 spiro atoms. The molecule has 0 bridgehead atoms. The molecule has 87 heavy (non-hydrogen) atoms. The third-order valence-corrected chi connectivity index (χ3v) is 19.6. The van der Waals surface area contributed by atoms with Gasteiger partial charge in [0.15, 0.2) is 0 Å². The molecular weight excluding hydrogens is 1110 g/mol. The van der Waals surface area contributed by atoms with Crippen molar-refractivity contribution < 1.29 is 44.0 Å². The van der Waals surface area contributed by atoms with Gasteiger partial charge in [-0.2, -0.15) is 39.5 Å². The first-order valence-corrected chi connectivity index (χ1v) is 30.2. The number of alkyl halides is 9. The standard InChI is InChI=1S/C77H73F9N/c1-53-27-45-66-67-46-44-65(52-69(67)72(68(66)51-53)48-18-19-49-72)74(77(84,85)86,61-25-15-9-16-26-61)64-42-38-57(39-43-64)70(2,47-17-10-20-50-87(4,5)6)56-36-40-63(41-37-56)73(76(81,82)83,60-23-13-8-14-24-60)62-34-30-55(31-35-62)54-28-32-59(33-29-54)71(3,75(78,79)80)58-21-11-7-12-22-58/h7-9,11-16,21-46,51-52H,10,17-20,47-50H2,1-6H3/q+1. The van der Waals surface area contributed by atoms with Crippen molar-refractivity contribution in [2.24, 2.45) is 0 Å². The molecule has 2 aliphatic rings. The lowest BCUT2D eigenvalue weighted by atomic mass is 9.65. The van der Waals surface area contributed by atoms with Crippen molar-refractivity contribution in [1.29, 1.82) is 0 Å². The summed E-state index contributed by atoms with van der Waals surface area (Å²) in [6, 6.07) is 60.7. The van der Waals surface area contributed by atoms with Crippen LogP contribution in [0.2, 0.25) is 0 Å². The average Bonchev–Trinajstić information content (AvgIpc) is 1.80. The van der Waals surface area contributed by atoms with Gasteiger partial charge in [0.25, 0.3) is 0 Å². The molecular formula is C77H73F9N+. The second kappa shape index (κ2) is 22.8. The number of halogens is 9. The second-order valence-corrected chi connectivity index (χ2v) is 25.8. The Morgan fingerprint density at radius 3 is 1.16 bits per heavy atom. The minimum Gasteiger partial charge on any atom is -0.331 e. The maximum atomic E-state index is 17.0. The number of aryl methyl sites for hydroxylation is 1. The molecule has 0 aliphatic heterocycles. The zero-order valence-corrected chi connectivity index (χ0v) is 50.1. The first-order chi connectivity index (χ1) is 41.3. The molecule has 4 unspecified atom stereocenters. The highest BCUT2D eigenvalue weighted by Crippen LogP contribution is 2.60. The van der Waals surface area contributed by atoms with E-state index in [2.05, 4.69) is 46.3 Å². The largest absolute Gasteiger partial charge is 0.406 e. The van der Waals surface area contributed by atoms with Gasteiger partial charge in [0, 0.05) is 10.8 Å². The summed E-state index contributed by atoms with van der Waals surface area (Å²) in [7, 11) is 6.40. The van der Waals surface area contributed by atoms with Gasteiger partial charge in [0.05, 0.1) is 27.7 Å². The highest BCUT2D eigenvalue weighted by molar-refractivity contribution is 5.82. The van der Waals surface area contributed by atoms with Gasteiger partial charge in [-0.3, -0.25) is 0 Å². The number of unbranched alkanes of at least 4 members (excludes halogenated alkanes) is 2. The van der Waals surface area contributed by atoms with Crippen LogP contribution in [-0.4, -0.2) is 50.7 Å². The lowest BCUT2D eigenvalue weighted by Gasteiger charge is -2.39. The Bertz CT molecular complexity index is 3840. The lowest BCUT2D eigenvalue weighted by Crippen LogP contribution is -2.45. The zero-order chi connectivity index (χ0) is 61.8. The molecule has 0 amide bonds. The Morgan fingerprint density at radius 1 is 0.368 bits per heavy atom. The minimum atomic E-state index is -4.90. The third-order valence-electron chi connectivity index (χ3n) is 19.6. The molecule has 10 heteroatoms. The van der Waals surface area contributed by atoms with Gasteiger partial charge in [-0.15, -0.1) is 0 Å². The maximum Gasteiger partial charge on any atom is 0.406 e. The van der Waals surface area contributed by atoms with Gasteiger partial charge >= 0.3 is 18.5 Å². The van der Waals surface area contributed by atoms with Crippen LogP contribution in [-0.2, 0) is 27.1 Å². The molecule has 0 saturated heterocycles. The van der Waals surface area contributed by atoms with Crippen molar-refractivity contribution in [3.05, 3.63) is 297 Å². The molecule has 448 valence electrons. The van der Waals surface area contributed by atoms with Crippen molar-refractivity contribution in [2.75, 3.05) is 27.7 Å². The Kier molecular flexibility index (Phi) is 16.0. The number of nitrogens with zero attached hydrogens (tertiary/aromatic N) is 1. The molecule has 0 heterocycles. The third kappa shape index (κ3) is 10.5. The number of fused-ring (bicyclic) bond motifs is 5. The van der Waals surface area contributed by atoms with Crippen molar-refractivity contribution in [2.45, 2.75) is 118 Å².